The monoisotopic (exact) mass is 382 g/mol. The van der Waals surface area contributed by atoms with Crippen LogP contribution in [0.1, 0.15) is 48.1 Å². The largest absolute Gasteiger partial charge is 0.497 e. The summed E-state index contributed by atoms with van der Waals surface area (Å²) in [5.74, 6) is 1.51. The van der Waals surface area contributed by atoms with Gasteiger partial charge < -0.3 is 14.8 Å². The molecule has 1 aliphatic rings. The molecule has 2 aromatic rings. The number of rotatable bonds is 9. The maximum Gasteiger partial charge on any atom is 0.251 e. The summed E-state index contributed by atoms with van der Waals surface area (Å²) < 4.78 is 10.9. The normalized spacial score (nSPS) is 15.2. The predicted octanol–water partition coefficient (Wildman–Crippen LogP) is 4.05. The highest BCUT2D eigenvalue weighted by molar-refractivity contribution is 5.94. The van der Waals surface area contributed by atoms with E-state index in [9.17, 15) is 4.79 Å². The number of benzene rings is 2. The van der Waals surface area contributed by atoms with E-state index in [0.717, 1.165) is 31.0 Å². The smallest absolute Gasteiger partial charge is 0.251 e. The molecule has 28 heavy (non-hydrogen) atoms. The molecule has 3 rings (SSSR count). The summed E-state index contributed by atoms with van der Waals surface area (Å²) in [6, 6.07) is 15.7. The highest BCUT2D eigenvalue weighted by Gasteiger charge is 2.24. The summed E-state index contributed by atoms with van der Waals surface area (Å²) in [6.45, 7) is 5.42. The van der Waals surface area contributed by atoms with Crippen LogP contribution in [0.3, 0.4) is 0 Å². The molecular weight excluding hydrogens is 352 g/mol. The molecule has 150 valence electrons. The second-order valence-corrected chi connectivity index (χ2v) is 7.12. The van der Waals surface area contributed by atoms with Gasteiger partial charge in [0, 0.05) is 12.1 Å². The molecule has 0 aromatic heterocycles. The van der Waals surface area contributed by atoms with Gasteiger partial charge in [-0.25, -0.2) is 0 Å². The SMILES string of the molecule is CCCOc1cccc(C(=O)NC[C@H](c2ccc(OC)cc2)N2CCCC2)c1. The number of likely N-dealkylation sites (tertiary alicyclic amines) is 1. The Kier molecular flexibility index (Phi) is 7.31. The van der Waals surface area contributed by atoms with Crippen molar-refractivity contribution in [1.82, 2.24) is 10.2 Å². The zero-order valence-corrected chi connectivity index (χ0v) is 16.8. The van der Waals surface area contributed by atoms with Crippen molar-refractivity contribution in [3.8, 4) is 11.5 Å². The van der Waals surface area contributed by atoms with E-state index in [1.165, 1.54) is 18.4 Å². The molecule has 0 bridgehead atoms. The van der Waals surface area contributed by atoms with Crippen LogP contribution in [0.15, 0.2) is 48.5 Å². The molecule has 0 saturated carbocycles. The molecule has 1 fully saturated rings. The van der Waals surface area contributed by atoms with Crippen molar-refractivity contribution in [2.45, 2.75) is 32.2 Å². The third kappa shape index (κ3) is 5.26. The lowest BCUT2D eigenvalue weighted by atomic mass is 10.0. The maximum atomic E-state index is 12.7. The molecule has 1 N–H and O–H groups in total. The van der Waals surface area contributed by atoms with E-state index < -0.39 is 0 Å². The Bertz CT molecular complexity index is 755. The highest BCUT2D eigenvalue weighted by atomic mass is 16.5. The van der Waals surface area contributed by atoms with Crippen LogP contribution in [0.2, 0.25) is 0 Å². The van der Waals surface area contributed by atoms with Gasteiger partial charge in [0.25, 0.3) is 5.91 Å². The molecule has 1 heterocycles. The highest BCUT2D eigenvalue weighted by Crippen LogP contribution is 2.26. The number of hydrogen-bond acceptors (Lipinski definition) is 4. The minimum absolute atomic E-state index is 0.0698. The molecule has 1 atom stereocenters. The van der Waals surface area contributed by atoms with Crippen LogP contribution in [0.25, 0.3) is 0 Å². The molecule has 5 heteroatoms. The average Bonchev–Trinajstić information content (AvgIpc) is 3.27. The van der Waals surface area contributed by atoms with Crippen molar-refractivity contribution >= 4 is 5.91 Å². The van der Waals surface area contributed by atoms with E-state index >= 15 is 0 Å². The fourth-order valence-corrected chi connectivity index (χ4v) is 3.58. The fraction of sp³-hybridized carbons (Fsp3) is 0.435. The molecule has 1 aliphatic heterocycles. The molecule has 1 saturated heterocycles. The van der Waals surface area contributed by atoms with E-state index in [-0.39, 0.29) is 11.9 Å². The number of nitrogens with zero attached hydrogens (tertiary/aromatic N) is 1. The van der Waals surface area contributed by atoms with Crippen molar-refractivity contribution in [2.24, 2.45) is 0 Å². The van der Waals surface area contributed by atoms with Crippen molar-refractivity contribution in [2.75, 3.05) is 33.4 Å². The van der Waals surface area contributed by atoms with E-state index in [1.54, 1.807) is 7.11 Å². The topological polar surface area (TPSA) is 50.8 Å². The maximum absolute atomic E-state index is 12.7. The van der Waals surface area contributed by atoms with E-state index in [0.29, 0.717) is 18.7 Å². The molecule has 2 aromatic carbocycles. The summed E-state index contributed by atoms with van der Waals surface area (Å²) in [5.41, 5.74) is 1.83. The standard InChI is InChI=1S/C23H30N2O3/c1-3-15-28-21-8-6-7-19(16-21)23(26)24-17-22(25-13-4-5-14-25)18-9-11-20(27-2)12-10-18/h6-12,16,22H,3-5,13-15,17H2,1-2H3,(H,24,26)/t22-/m1/s1. The Morgan fingerprint density at radius 1 is 1.11 bits per heavy atom. The molecule has 0 aliphatic carbocycles. The second kappa shape index (κ2) is 10.1. The number of hydrogen-bond donors (Lipinski definition) is 1. The van der Waals surface area contributed by atoms with Crippen LogP contribution in [0, 0.1) is 0 Å². The van der Waals surface area contributed by atoms with Crippen LogP contribution in [0.5, 0.6) is 11.5 Å². The van der Waals surface area contributed by atoms with E-state index in [1.807, 2.05) is 36.4 Å². The van der Waals surface area contributed by atoms with Gasteiger partial charge in [0.1, 0.15) is 11.5 Å². The summed E-state index contributed by atoms with van der Waals surface area (Å²) in [6.07, 6.45) is 3.35. The Balaban J connectivity index is 1.68. The van der Waals surface area contributed by atoms with Gasteiger partial charge in [-0.15, -0.1) is 0 Å². The van der Waals surface area contributed by atoms with Gasteiger partial charge >= 0.3 is 0 Å². The molecule has 0 spiro atoms. The first kappa shape index (κ1) is 20.2. The quantitative estimate of drug-likeness (QED) is 0.711. The third-order valence-corrected chi connectivity index (χ3v) is 5.11. The Hall–Kier alpha value is -2.53. The number of ether oxygens (including phenoxy) is 2. The molecule has 1 amide bonds. The van der Waals surface area contributed by atoms with Crippen molar-refractivity contribution in [3.05, 3.63) is 59.7 Å². The lowest BCUT2D eigenvalue weighted by Crippen LogP contribution is -2.36. The summed E-state index contributed by atoms with van der Waals surface area (Å²) in [5, 5.41) is 3.12. The summed E-state index contributed by atoms with van der Waals surface area (Å²) >= 11 is 0. The predicted molar refractivity (Wildman–Crippen MR) is 111 cm³/mol. The lowest BCUT2D eigenvalue weighted by molar-refractivity contribution is 0.0937. The third-order valence-electron chi connectivity index (χ3n) is 5.11. The van der Waals surface area contributed by atoms with Gasteiger partial charge in [0.05, 0.1) is 19.8 Å². The van der Waals surface area contributed by atoms with Gasteiger partial charge in [-0.3, -0.25) is 9.69 Å². The molecule has 5 nitrogen and oxygen atoms in total. The Labute approximate surface area is 167 Å². The van der Waals surface area contributed by atoms with Crippen molar-refractivity contribution < 1.29 is 14.3 Å². The van der Waals surface area contributed by atoms with Crippen LogP contribution < -0.4 is 14.8 Å². The number of amides is 1. The number of nitrogens with one attached hydrogen (secondary N) is 1. The minimum atomic E-state index is -0.0698. The summed E-state index contributed by atoms with van der Waals surface area (Å²) in [7, 11) is 1.67. The lowest BCUT2D eigenvalue weighted by Gasteiger charge is -2.28. The first-order valence-electron chi connectivity index (χ1n) is 10.1. The van der Waals surface area contributed by atoms with Gasteiger partial charge in [-0.1, -0.05) is 25.1 Å². The van der Waals surface area contributed by atoms with Crippen molar-refractivity contribution in [3.63, 3.8) is 0 Å². The zero-order chi connectivity index (χ0) is 19.8. The van der Waals surface area contributed by atoms with Gasteiger partial charge in [0.2, 0.25) is 0 Å². The number of carbonyl (C=O) groups excluding carboxylic acids is 1. The first-order chi connectivity index (χ1) is 13.7. The van der Waals surface area contributed by atoms with E-state index in [2.05, 4.69) is 29.3 Å². The summed E-state index contributed by atoms with van der Waals surface area (Å²) in [4.78, 5) is 15.2. The minimum Gasteiger partial charge on any atom is -0.497 e. The van der Waals surface area contributed by atoms with Gasteiger partial charge in [-0.05, 0) is 68.2 Å². The van der Waals surface area contributed by atoms with Crippen LogP contribution in [-0.4, -0.2) is 44.2 Å². The molecule has 0 radical (unpaired) electrons. The zero-order valence-electron chi connectivity index (χ0n) is 16.8. The van der Waals surface area contributed by atoms with Crippen LogP contribution in [0.4, 0.5) is 0 Å². The number of carbonyl (C=O) groups is 1. The van der Waals surface area contributed by atoms with Crippen LogP contribution >= 0.6 is 0 Å². The molecular formula is C23H30N2O3. The Morgan fingerprint density at radius 3 is 2.54 bits per heavy atom. The average molecular weight is 383 g/mol. The number of methoxy groups -OCH3 is 1. The Morgan fingerprint density at radius 2 is 1.86 bits per heavy atom. The van der Waals surface area contributed by atoms with E-state index in [4.69, 9.17) is 9.47 Å². The molecule has 0 unspecified atom stereocenters. The van der Waals surface area contributed by atoms with Gasteiger partial charge in [0.15, 0.2) is 0 Å². The van der Waals surface area contributed by atoms with Crippen LogP contribution in [-0.2, 0) is 0 Å². The first-order valence-corrected chi connectivity index (χ1v) is 10.1. The van der Waals surface area contributed by atoms with Crippen molar-refractivity contribution in [1.29, 1.82) is 0 Å². The van der Waals surface area contributed by atoms with Gasteiger partial charge in [-0.2, -0.15) is 0 Å². The second-order valence-electron chi connectivity index (χ2n) is 7.12. The fourth-order valence-electron chi connectivity index (χ4n) is 3.58.